The highest BCUT2D eigenvalue weighted by Crippen LogP contribution is 2.33. The van der Waals surface area contributed by atoms with Gasteiger partial charge in [-0.25, -0.2) is 4.39 Å². The Morgan fingerprint density at radius 1 is 1.00 bits per heavy atom. The molecule has 1 atom stereocenters. The maximum atomic E-state index is 13.8. The van der Waals surface area contributed by atoms with Gasteiger partial charge in [0.15, 0.2) is 0 Å². The van der Waals surface area contributed by atoms with Gasteiger partial charge in [-0.1, -0.05) is 44.2 Å². The number of hydrogen-bond donors (Lipinski definition) is 3. The van der Waals surface area contributed by atoms with Gasteiger partial charge in [-0.15, -0.1) is 0 Å². The highest BCUT2D eigenvalue weighted by Gasteiger charge is 2.25. The van der Waals surface area contributed by atoms with Gasteiger partial charge in [0.25, 0.3) is 11.8 Å². The standard InChI is InChI=1S/C30H30FN3O5/c1-18(2)16-33-29(36)20-9-12-26(38-14-13-27(32)35)23(15-20)28(19-7-10-21(31)11-8-19)34-30(37)24-17-39-25-6-4-3-5-22(24)25/h3-12,15,17-18,28H,13-14,16H2,1-2H3,(H2,32,35)(H,33,36)(H,34,37). The van der Waals surface area contributed by atoms with Crippen molar-refractivity contribution in [3.8, 4) is 5.75 Å². The summed E-state index contributed by atoms with van der Waals surface area (Å²) in [6.07, 6.45) is 1.35. The molecule has 1 aromatic heterocycles. The SMILES string of the molecule is CC(C)CNC(=O)c1ccc(OCCC(N)=O)c(C(NC(=O)c2coc3ccccc23)c2ccc(F)cc2)c1. The largest absolute Gasteiger partial charge is 0.493 e. The smallest absolute Gasteiger partial charge is 0.255 e. The molecule has 0 spiro atoms. The van der Waals surface area contributed by atoms with Crippen LogP contribution in [0.3, 0.4) is 0 Å². The number of benzene rings is 3. The summed E-state index contributed by atoms with van der Waals surface area (Å²) in [5.41, 5.74) is 7.50. The van der Waals surface area contributed by atoms with Crippen LogP contribution in [0.5, 0.6) is 5.75 Å². The second-order valence-corrected chi connectivity index (χ2v) is 9.52. The lowest BCUT2D eigenvalue weighted by atomic mass is 9.95. The predicted molar refractivity (Wildman–Crippen MR) is 145 cm³/mol. The zero-order chi connectivity index (χ0) is 27.9. The van der Waals surface area contributed by atoms with E-state index in [4.69, 9.17) is 14.9 Å². The van der Waals surface area contributed by atoms with Gasteiger partial charge in [-0.05, 0) is 47.9 Å². The van der Waals surface area contributed by atoms with Crippen LogP contribution in [0.25, 0.3) is 11.0 Å². The Kier molecular flexibility index (Phi) is 8.60. The summed E-state index contributed by atoms with van der Waals surface area (Å²) in [4.78, 5) is 37.7. The second kappa shape index (κ2) is 12.3. The molecule has 0 aliphatic heterocycles. The van der Waals surface area contributed by atoms with Gasteiger partial charge in [-0.2, -0.15) is 0 Å². The molecule has 0 saturated heterocycles. The maximum absolute atomic E-state index is 13.8. The summed E-state index contributed by atoms with van der Waals surface area (Å²) in [5.74, 6) is -1.12. The Hall–Kier alpha value is -4.66. The van der Waals surface area contributed by atoms with Crippen LogP contribution in [0.2, 0.25) is 0 Å². The molecule has 0 saturated carbocycles. The predicted octanol–water partition coefficient (Wildman–Crippen LogP) is 4.73. The molecule has 4 N–H and O–H groups in total. The van der Waals surface area contributed by atoms with Crippen molar-refractivity contribution >= 4 is 28.7 Å². The minimum Gasteiger partial charge on any atom is -0.493 e. The molecule has 0 aliphatic carbocycles. The van der Waals surface area contributed by atoms with Gasteiger partial charge < -0.3 is 25.5 Å². The van der Waals surface area contributed by atoms with E-state index in [2.05, 4.69) is 10.6 Å². The molecular weight excluding hydrogens is 501 g/mol. The number of rotatable bonds is 11. The third kappa shape index (κ3) is 6.81. The fraction of sp³-hybridized carbons (Fsp3) is 0.233. The van der Waals surface area contributed by atoms with Gasteiger partial charge in [0.2, 0.25) is 5.91 Å². The van der Waals surface area contributed by atoms with Crippen molar-refractivity contribution in [3.05, 3.63) is 101 Å². The minimum atomic E-state index is -0.840. The van der Waals surface area contributed by atoms with Crippen molar-refractivity contribution in [2.45, 2.75) is 26.3 Å². The van der Waals surface area contributed by atoms with E-state index >= 15 is 0 Å². The van der Waals surface area contributed by atoms with E-state index in [-0.39, 0.29) is 24.9 Å². The summed E-state index contributed by atoms with van der Waals surface area (Å²) in [5, 5.41) is 6.51. The Morgan fingerprint density at radius 3 is 2.46 bits per heavy atom. The van der Waals surface area contributed by atoms with Gasteiger partial charge >= 0.3 is 0 Å². The first kappa shape index (κ1) is 27.4. The minimum absolute atomic E-state index is 0.00230. The molecule has 202 valence electrons. The van der Waals surface area contributed by atoms with Crippen LogP contribution in [0, 0.1) is 11.7 Å². The van der Waals surface area contributed by atoms with Crippen LogP contribution >= 0.6 is 0 Å². The van der Waals surface area contributed by atoms with E-state index in [1.54, 1.807) is 54.6 Å². The van der Waals surface area contributed by atoms with E-state index in [0.717, 1.165) is 0 Å². The van der Waals surface area contributed by atoms with Crippen LogP contribution in [0.1, 0.15) is 58.2 Å². The highest BCUT2D eigenvalue weighted by molar-refractivity contribution is 6.06. The lowest BCUT2D eigenvalue weighted by molar-refractivity contribution is -0.118. The fourth-order valence-corrected chi connectivity index (χ4v) is 4.07. The first-order valence-corrected chi connectivity index (χ1v) is 12.6. The van der Waals surface area contributed by atoms with Crippen molar-refractivity contribution in [3.63, 3.8) is 0 Å². The number of nitrogens with two attached hydrogens (primary N) is 1. The van der Waals surface area contributed by atoms with Crippen molar-refractivity contribution in [1.82, 2.24) is 10.6 Å². The molecule has 3 aromatic carbocycles. The Labute approximate surface area is 225 Å². The normalized spacial score (nSPS) is 11.8. The number of carbonyl (C=O) groups excluding carboxylic acids is 3. The summed E-state index contributed by atoms with van der Waals surface area (Å²) in [7, 11) is 0. The van der Waals surface area contributed by atoms with Crippen molar-refractivity contribution in [1.29, 1.82) is 0 Å². The summed E-state index contributed by atoms with van der Waals surface area (Å²) in [6, 6.07) is 16.8. The van der Waals surface area contributed by atoms with Gasteiger partial charge in [-0.3, -0.25) is 14.4 Å². The molecular formula is C30H30FN3O5. The topological polar surface area (TPSA) is 124 Å². The molecule has 0 bridgehead atoms. The highest BCUT2D eigenvalue weighted by atomic mass is 19.1. The van der Waals surface area contributed by atoms with Crippen LogP contribution < -0.4 is 21.1 Å². The fourth-order valence-electron chi connectivity index (χ4n) is 4.07. The lowest BCUT2D eigenvalue weighted by Gasteiger charge is -2.23. The molecule has 3 amide bonds. The zero-order valence-electron chi connectivity index (χ0n) is 21.7. The lowest BCUT2D eigenvalue weighted by Crippen LogP contribution is -2.31. The first-order chi connectivity index (χ1) is 18.7. The quantitative estimate of drug-likeness (QED) is 0.258. The molecule has 0 aliphatic rings. The third-order valence-corrected chi connectivity index (χ3v) is 6.06. The Morgan fingerprint density at radius 2 is 1.74 bits per heavy atom. The number of nitrogens with one attached hydrogen (secondary N) is 2. The van der Waals surface area contributed by atoms with Crippen molar-refractivity contribution in [2.24, 2.45) is 11.7 Å². The number of furan rings is 1. The molecule has 0 radical (unpaired) electrons. The number of carbonyl (C=O) groups is 3. The second-order valence-electron chi connectivity index (χ2n) is 9.52. The molecule has 1 heterocycles. The molecule has 8 nitrogen and oxygen atoms in total. The number of amides is 3. The number of para-hydroxylation sites is 1. The van der Waals surface area contributed by atoms with Crippen LogP contribution in [0.15, 0.2) is 77.4 Å². The summed E-state index contributed by atoms with van der Waals surface area (Å²) < 4.78 is 25.2. The molecule has 9 heteroatoms. The van der Waals surface area contributed by atoms with Gasteiger partial charge in [0.05, 0.1) is 24.6 Å². The van der Waals surface area contributed by atoms with Crippen LogP contribution in [0.4, 0.5) is 4.39 Å². The van der Waals surface area contributed by atoms with E-state index in [9.17, 15) is 18.8 Å². The average molecular weight is 532 g/mol. The van der Waals surface area contributed by atoms with E-state index < -0.39 is 23.7 Å². The van der Waals surface area contributed by atoms with Gasteiger partial charge in [0.1, 0.15) is 23.4 Å². The van der Waals surface area contributed by atoms with Gasteiger partial charge in [0, 0.05) is 23.1 Å². The van der Waals surface area contributed by atoms with Crippen LogP contribution in [-0.2, 0) is 4.79 Å². The summed E-state index contributed by atoms with van der Waals surface area (Å²) >= 11 is 0. The average Bonchev–Trinajstić information content (AvgIpc) is 3.35. The molecule has 1 unspecified atom stereocenters. The zero-order valence-corrected chi connectivity index (χ0v) is 21.7. The number of primary amides is 1. The molecule has 4 aromatic rings. The number of hydrogen-bond acceptors (Lipinski definition) is 5. The Bertz CT molecular complexity index is 1480. The van der Waals surface area contributed by atoms with Crippen LogP contribution in [-0.4, -0.2) is 30.9 Å². The van der Waals surface area contributed by atoms with E-state index in [1.807, 2.05) is 13.8 Å². The molecule has 39 heavy (non-hydrogen) atoms. The molecule has 4 rings (SSSR count). The number of ether oxygens (including phenoxy) is 1. The van der Waals surface area contributed by atoms with E-state index in [1.165, 1.54) is 18.4 Å². The van der Waals surface area contributed by atoms with Crippen molar-refractivity contribution in [2.75, 3.05) is 13.2 Å². The maximum Gasteiger partial charge on any atom is 0.255 e. The molecule has 0 fully saturated rings. The number of halogens is 1. The van der Waals surface area contributed by atoms with Crippen molar-refractivity contribution < 1.29 is 27.9 Å². The first-order valence-electron chi connectivity index (χ1n) is 12.6. The monoisotopic (exact) mass is 531 g/mol. The van der Waals surface area contributed by atoms with E-state index in [0.29, 0.717) is 45.5 Å². The number of fused-ring (bicyclic) bond motifs is 1. The Balaban J connectivity index is 1.77. The third-order valence-electron chi connectivity index (χ3n) is 6.06. The summed E-state index contributed by atoms with van der Waals surface area (Å²) in [6.45, 7) is 4.45.